The molecular weight excluding hydrogens is 194 g/mol. The molecule has 0 bridgehead atoms. The number of hydrogen-bond donors (Lipinski definition) is 1. The van der Waals surface area contributed by atoms with Crippen LogP contribution in [0.3, 0.4) is 0 Å². The third kappa shape index (κ3) is 1.13. The molecule has 5 nitrogen and oxygen atoms in total. The zero-order valence-electron chi connectivity index (χ0n) is 6.31. The predicted octanol–water partition coefficient (Wildman–Crippen LogP) is 1.08. The van der Waals surface area contributed by atoms with Crippen molar-refractivity contribution in [3.05, 3.63) is 29.6 Å². The number of imidazole rings is 1. The van der Waals surface area contributed by atoms with Crippen molar-refractivity contribution in [3.63, 3.8) is 0 Å². The second-order valence-electron chi connectivity index (χ2n) is 2.36. The van der Waals surface area contributed by atoms with Crippen LogP contribution in [0, 0.1) is 0 Å². The van der Waals surface area contributed by atoms with E-state index >= 15 is 0 Å². The van der Waals surface area contributed by atoms with Gasteiger partial charge in [-0.1, -0.05) is 11.6 Å². The van der Waals surface area contributed by atoms with Crippen LogP contribution in [0.5, 0.6) is 0 Å². The molecule has 0 fully saturated rings. The van der Waals surface area contributed by atoms with Gasteiger partial charge >= 0.3 is 5.97 Å². The van der Waals surface area contributed by atoms with Gasteiger partial charge in [-0.15, -0.1) is 0 Å². The number of carboxylic acid groups (broad SMARTS) is 1. The molecule has 6 heteroatoms. The van der Waals surface area contributed by atoms with Crippen LogP contribution in [0.15, 0.2) is 18.6 Å². The van der Waals surface area contributed by atoms with Crippen molar-refractivity contribution < 1.29 is 9.90 Å². The van der Waals surface area contributed by atoms with E-state index < -0.39 is 5.97 Å². The Labute approximate surface area is 77.6 Å². The van der Waals surface area contributed by atoms with Gasteiger partial charge in [0.2, 0.25) is 5.82 Å². The molecule has 2 rings (SSSR count). The maximum Gasteiger partial charge on any atom is 0.372 e. The van der Waals surface area contributed by atoms with Crippen molar-refractivity contribution >= 4 is 23.1 Å². The van der Waals surface area contributed by atoms with Gasteiger partial charge in [0.05, 0.1) is 6.20 Å². The first-order valence-electron chi connectivity index (χ1n) is 3.41. The smallest absolute Gasteiger partial charge is 0.372 e. The summed E-state index contributed by atoms with van der Waals surface area (Å²) in [5.74, 6) is -1.17. The average molecular weight is 198 g/mol. The van der Waals surface area contributed by atoms with Crippen LogP contribution in [0.25, 0.3) is 5.52 Å². The molecule has 13 heavy (non-hydrogen) atoms. The first kappa shape index (κ1) is 8.00. The summed E-state index contributed by atoms with van der Waals surface area (Å²) in [6.45, 7) is 0. The van der Waals surface area contributed by atoms with Crippen LogP contribution >= 0.6 is 11.6 Å². The normalized spacial score (nSPS) is 10.5. The van der Waals surface area contributed by atoms with E-state index in [-0.39, 0.29) is 11.0 Å². The summed E-state index contributed by atoms with van der Waals surface area (Å²) in [7, 11) is 0. The van der Waals surface area contributed by atoms with Crippen LogP contribution < -0.4 is 0 Å². The molecule has 0 spiro atoms. The van der Waals surface area contributed by atoms with Gasteiger partial charge in [0.25, 0.3) is 0 Å². The number of carboxylic acids is 1. The number of nitrogens with zero attached hydrogens (tertiary/aromatic N) is 3. The molecule has 0 aliphatic rings. The van der Waals surface area contributed by atoms with Gasteiger partial charge in [0.15, 0.2) is 5.15 Å². The van der Waals surface area contributed by atoms with Gasteiger partial charge in [-0.3, -0.25) is 4.40 Å². The maximum atomic E-state index is 10.6. The molecule has 1 N–H and O–H groups in total. The van der Waals surface area contributed by atoms with Crippen molar-refractivity contribution in [3.8, 4) is 0 Å². The van der Waals surface area contributed by atoms with Crippen molar-refractivity contribution in [1.29, 1.82) is 0 Å². The largest absolute Gasteiger partial charge is 0.475 e. The Morgan fingerprint density at radius 1 is 1.54 bits per heavy atom. The van der Waals surface area contributed by atoms with E-state index in [2.05, 4.69) is 9.97 Å². The Balaban J connectivity index is 2.83. The molecule has 2 heterocycles. The lowest BCUT2D eigenvalue weighted by atomic mass is 10.5. The van der Waals surface area contributed by atoms with E-state index in [1.54, 1.807) is 0 Å². The number of hydrogen-bond acceptors (Lipinski definition) is 3. The number of aromatic carboxylic acids is 1. The standard InChI is InChI=1S/C7H4ClN3O2/c8-5-4-3-10-6(7(12)13)11(4)2-1-9-5/h1-3H,(H,12,13). The van der Waals surface area contributed by atoms with E-state index in [1.807, 2.05) is 0 Å². The Bertz CT molecular complexity index is 480. The summed E-state index contributed by atoms with van der Waals surface area (Å²) in [6.07, 6.45) is 4.29. The number of fused-ring (bicyclic) bond motifs is 1. The van der Waals surface area contributed by atoms with Crippen LogP contribution in [0.1, 0.15) is 10.6 Å². The van der Waals surface area contributed by atoms with Crippen LogP contribution in [-0.2, 0) is 0 Å². The molecule has 0 radical (unpaired) electrons. The number of rotatable bonds is 1. The number of carbonyl (C=O) groups is 1. The fourth-order valence-corrected chi connectivity index (χ4v) is 1.25. The molecule has 0 saturated heterocycles. The van der Waals surface area contributed by atoms with Crippen LogP contribution in [0.4, 0.5) is 0 Å². The predicted molar refractivity (Wildman–Crippen MR) is 45.0 cm³/mol. The van der Waals surface area contributed by atoms with Gasteiger partial charge in [0.1, 0.15) is 5.52 Å². The summed E-state index contributed by atoms with van der Waals surface area (Å²) < 4.78 is 1.37. The second-order valence-corrected chi connectivity index (χ2v) is 2.72. The summed E-state index contributed by atoms with van der Waals surface area (Å²) in [5.41, 5.74) is 0.488. The monoisotopic (exact) mass is 197 g/mol. The van der Waals surface area contributed by atoms with Crippen molar-refractivity contribution in [1.82, 2.24) is 14.4 Å². The van der Waals surface area contributed by atoms with Gasteiger partial charge in [-0.25, -0.2) is 14.8 Å². The van der Waals surface area contributed by atoms with Crippen molar-refractivity contribution in [2.24, 2.45) is 0 Å². The topological polar surface area (TPSA) is 67.5 Å². The Kier molecular flexibility index (Phi) is 1.66. The molecule has 2 aromatic rings. The molecular formula is C7H4ClN3O2. The lowest BCUT2D eigenvalue weighted by Gasteiger charge is -1.95. The lowest BCUT2D eigenvalue weighted by Crippen LogP contribution is -2.03. The summed E-state index contributed by atoms with van der Waals surface area (Å²) >= 11 is 5.71. The highest BCUT2D eigenvalue weighted by Crippen LogP contribution is 2.14. The van der Waals surface area contributed by atoms with E-state index in [1.165, 1.54) is 23.0 Å². The zero-order valence-corrected chi connectivity index (χ0v) is 7.06. The fourth-order valence-electron chi connectivity index (χ4n) is 1.05. The minimum Gasteiger partial charge on any atom is -0.475 e. The number of halogens is 1. The second kappa shape index (κ2) is 2.70. The molecule has 0 aromatic carbocycles. The quantitative estimate of drug-likeness (QED) is 0.743. The lowest BCUT2D eigenvalue weighted by molar-refractivity contribution is 0.0683. The summed E-state index contributed by atoms with van der Waals surface area (Å²) in [6, 6.07) is 0. The van der Waals surface area contributed by atoms with Gasteiger partial charge < -0.3 is 5.11 Å². The van der Waals surface area contributed by atoms with Crippen LogP contribution in [-0.4, -0.2) is 25.4 Å². The van der Waals surface area contributed by atoms with Crippen LogP contribution in [0.2, 0.25) is 5.15 Å². The highest BCUT2D eigenvalue weighted by atomic mass is 35.5. The van der Waals surface area contributed by atoms with Gasteiger partial charge in [0, 0.05) is 12.4 Å². The maximum absolute atomic E-state index is 10.6. The molecule has 0 unspecified atom stereocenters. The van der Waals surface area contributed by atoms with Gasteiger partial charge in [-0.05, 0) is 0 Å². The fraction of sp³-hybridized carbons (Fsp3) is 0. The highest BCUT2D eigenvalue weighted by molar-refractivity contribution is 6.32. The van der Waals surface area contributed by atoms with Crippen molar-refractivity contribution in [2.45, 2.75) is 0 Å². The molecule has 0 amide bonds. The summed E-state index contributed by atoms with van der Waals surface area (Å²) in [4.78, 5) is 18.1. The van der Waals surface area contributed by atoms with E-state index in [0.29, 0.717) is 5.52 Å². The highest BCUT2D eigenvalue weighted by Gasteiger charge is 2.12. The Morgan fingerprint density at radius 3 is 3.00 bits per heavy atom. The Hall–Kier alpha value is -1.62. The van der Waals surface area contributed by atoms with E-state index in [0.717, 1.165) is 0 Å². The molecule has 0 saturated carbocycles. The molecule has 0 aliphatic heterocycles. The molecule has 66 valence electrons. The Morgan fingerprint density at radius 2 is 2.31 bits per heavy atom. The molecule has 2 aromatic heterocycles. The van der Waals surface area contributed by atoms with Crippen molar-refractivity contribution in [2.75, 3.05) is 0 Å². The minimum absolute atomic E-state index is 0.0701. The first-order chi connectivity index (χ1) is 6.20. The molecule has 0 aliphatic carbocycles. The van der Waals surface area contributed by atoms with E-state index in [4.69, 9.17) is 16.7 Å². The number of aromatic nitrogens is 3. The van der Waals surface area contributed by atoms with E-state index in [9.17, 15) is 4.79 Å². The minimum atomic E-state index is -1.10. The molecule has 0 atom stereocenters. The first-order valence-corrected chi connectivity index (χ1v) is 3.79. The SMILES string of the molecule is O=C(O)c1ncc2c(Cl)nccn12. The zero-order chi connectivity index (χ0) is 9.42. The third-order valence-electron chi connectivity index (χ3n) is 1.60. The summed E-state index contributed by atoms with van der Waals surface area (Å²) in [5, 5.41) is 8.95. The van der Waals surface area contributed by atoms with Gasteiger partial charge in [-0.2, -0.15) is 0 Å². The average Bonchev–Trinajstić information content (AvgIpc) is 2.48. The third-order valence-corrected chi connectivity index (χ3v) is 1.89.